The molecule has 5 heteroatoms. The van der Waals surface area contributed by atoms with Crippen molar-refractivity contribution in [2.24, 2.45) is 0 Å². The van der Waals surface area contributed by atoms with Crippen LogP contribution in [0.25, 0.3) is 0 Å². The molecule has 2 aromatic rings. The lowest BCUT2D eigenvalue weighted by Gasteiger charge is -2.09. The zero-order valence-corrected chi connectivity index (χ0v) is 13.5. The van der Waals surface area contributed by atoms with Gasteiger partial charge >= 0.3 is 0 Å². The van der Waals surface area contributed by atoms with Crippen molar-refractivity contribution in [3.8, 4) is 0 Å². The molecular weight excluding hydrogens is 282 g/mol. The number of nitrogens with one attached hydrogen (secondary N) is 1. The van der Waals surface area contributed by atoms with E-state index >= 15 is 0 Å². The number of aryl methyl sites for hydroxylation is 1. The number of nitrogens with zero attached hydrogens (tertiary/aromatic N) is 2. The van der Waals surface area contributed by atoms with Crippen LogP contribution in [0, 0.1) is 6.92 Å². The Bertz CT molecular complexity index is 572. The smallest absolute Gasteiger partial charge is 0.157 e. The van der Waals surface area contributed by atoms with Crippen molar-refractivity contribution in [2.45, 2.75) is 37.3 Å². The lowest BCUT2D eigenvalue weighted by molar-refractivity contribution is 0.128. The molecule has 0 aliphatic carbocycles. The van der Waals surface area contributed by atoms with Crippen molar-refractivity contribution in [1.82, 2.24) is 9.97 Å². The molecule has 0 atom stereocenters. The Morgan fingerprint density at radius 2 is 1.90 bits per heavy atom. The fourth-order valence-corrected chi connectivity index (χ4v) is 2.62. The lowest BCUT2D eigenvalue weighted by Crippen LogP contribution is -2.05. The van der Waals surface area contributed by atoms with Crippen LogP contribution in [0.1, 0.15) is 25.2 Å². The van der Waals surface area contributed by atoms with Gasteiger partial charge in [-0.1, -0.05) is 29.5 Å². The van der Waals surface area contributed by atoms with Gasteiger partial charge < -0.3 is 10.1 Å². The molecule has 0 spiro atoms. The van der Waals surface area contributed by atoms with Crippen LogP contribution in [0.4, 0.5) is 5.82 Å². The second-order valence-electron chi connectivity index (χ2n) is 4.59. The van der Waals surface area contributed by atoms with Gasteiger partial charge in [0.1, 0.15) is 17.5 Å². The Hall–Kier alpha value is -1.59. The van der Waals surface area contributed by atoms with E-state index in [1.807, 2.05) is 13.0 Å². The van der Waals surface area contributed by atoms with Gasteiger partial charge in [-0.25, -0.2) is 9.97 Å². The fraction of sp³-hybridized carbons (Fsp3) is 0.375. The van der Waals surface area contributed by atoms with Crippen LogP contribution in [-0.4, -0.2) is 23.1 Å². The highest BCUT2D eigenvalue weighted by Crippen LogP contribution is 2.27. The van der Waals surface area contributed by atoms with Gasteiger partial charge in [-0.05, 0) is 32.9 Å². The minimum absolute atomic E-state index is 0.442. The quantitative estimate of drug-likeness (QED) is 0.786. The first-order valence-corrected chi connectivity index (χ1v) is 7.97. The van der Waals surface area contributed by atoms with Crippen LogP contribution in [0.2, 0.25) is 0 Å². The van der Waals surface area contributed by atoms with Crippen LogP contribution in [-0.2, 0) is 11.3 Å². The molecule has 0 saturated carbocycles. The van der Waals surface area contributed by atoms with Crippen LogP contribution < -0.4 is 5.32 Å². The molecule has 0 aliphatic heterocycles. The van der Waals surface area contributed by atoms with Crippen molar-refractivity contribution in [3.63, 3.8) is 0 Å². The minimum atomic E-state index is 0.442. The molecular formula is C16H21N3OS. The highest BCUT2D eigenvalue weighted by atomic mass is 32.2. The molecule has 0 bridgehead atoms. The molecule has 112 valence electrons. The van der Waals surface area contributed by atoms with Crippen molar-refractivity contribution in [3.05, 3.63) is 41.7 Å². The number of anilines is 1. The van der Waals surface area contributed by atoms with Crippen LogP contribution >= 0.6 is 11.8 Å². The van der Waals surface area contributed by atoms with Gasteiger partial charge in [0.25, 0.3) is 0 Å². The van der Waals surface area contributed by atoms with Crippen LogP contribution in [0.15, 0.2) is 40.3 Å². The third kappa shape index (κ3) is 5.02. The maximum absolute atomic E-state index is 5.41. The summed E-state index contributed by atoms with van der Waals surface area (Å²) in [7, 11) is 0. The summed E-state index contributed by atoms with van der Waals surface area (Å²) in [5.41, 5.74) is 1.26. The third-order valence-electron chi connectivity index (χ3n) is 2.79. The number of aromatic nitrogens is 2. The summed E-state index contributed by atoms with van der Waals surface area (Å²) in [6.45, 7) is 8.04. The predicted molar refractivity (Wildman–Crippen MR) is 86.8 cm³/mol. The first-order chi connectivity index (χ1) is 10.2. The van der Waals surface area contributed by atoms with E-state index in [4.69, 9.17) is 4.74 Å². The molecule has 0 fully saturated rings. The summed E-state index contributed by atoms with van der Waals surface area (Å²) < 4.78 is 5.41. The Balaban J connectivity index is 2.19. The van der Waals surface area contributed by atoms with E-state index in [9.17, 15) is 0 Å². The van der Waals surface area contributed by atoms with Gasteiger partial charge in [-0.3, -0.25) is 0 Å². The van der Waals surface area contributed by atoms with Gasteiger partial charge in [0.15, 0.2) is 5.82 Å². The zero-order chi connectivity index (χ0) is 15.1. The third-order valence-corrected chi connectivity index (χ3v) is 3.71. The topological polar surface area (TPSA) is 47.0 Å². The van der Waals surface area contributed by atoms with E-state index in [0.29, 0.717) is 19.0 Å². The molecule has 0 unspecified atom stereocenters. The van der Waals surface area contributed by atoms with Crippen LogP contribution in [0.3, 0.4) is 0 Å². The number of benzene rings is 1. The molecule has 0 aliphatic rings. The van der Waals surface area contributed by atoms with E-state index in [1.54, 1.807) is 11.8 Å². The molecule has 1 aromatic heterocycles. The molecule has 0 amide bonds. The lowest BCUT2D eigenvalue weighted by atomic mass is 10.2. The summed E-state index contributed by atoms with van der Waals surface area (Å²) >= 11 is 1.64. The molecule has 4 nitrogen and oxygen atoms in total. The molecule has 1 heterocycles. The largest absolute Gasteiger partial charge is 0.374 e. The molecule has 2 rings (SSSR count). The summed E-state index contributed by atoms with van der Waals surface area (Å²) in [6.07, 6.45) is 0. The minimum Gasteiger partial charge on any atom is -0.374 e. The SMILES string of the molecule is CCNc1cc(Sc2ccc(C)cc2)nc(COCC)n1. The van der Waals surface area contributed by atoms with Crippen molar-refractivity contribution in [2.75, 3.05) is 18.5 Å². The summed E-state index contributed by atoms with van der Waals surface area (Å²) in [4.78, 5) is 10.2. The molecule has 1 aromatic carbocycles. The second kappa shape index (κ2) is 8.00. The van der Waals surface area contributed by atoms with Crippen molar-refractivity contribution < 1.29 is 4.74 Å². The average molecular weight is 303 g/mol. The first kappa shape index (κ1) is 15.8. The van der Waals surface area contributed by atoms with E-state index in [0.717, 1.165) is 17.4 Å². The average Bonchev–Trinajstić information content (AvgIpc) is 2.48. The van der Waals surface area contributed by atoms with Gasteiger partial charge in [0, 0.05) is 24.1 Å². The molecule has 21 heavy (non-hydrogen) atoms. The highest BCUT2D eigenvalue weighted by Gasteiger charge is 2.06. The molecule has 0 radical (unpaired) electrons. The summed E-state index contributed by atoms with van der Waals surface area (Å²) in [6, 6.07) is 10.4. The van der Waals surface area contributed by atoms with Gasteiger partial charge in [-0.15, -0.1) is 0 Å². The number of rotatable bonds is 7. The fourth-order valence-electron chi connectivity index (χ4n) is 1.78. The number of hydrogen-bond acceptors (Lipinski definition) is 5. The maximum atomic E-state index is 5.41. The van der Waals surface area contributed by atoms with E-state index < -0.39 is 0 Å². The van der Waals surface area contributed by atoms with E-state index in [1.165, 1.54) is 10.5 Å². The highest BCUT2D eigenvalue weighted by molar-refractivity contribution is 7.99. The number of ether oxygens (including phenoxy) is 1. The molecule has 0 saturated heterocycles. The summed E-state index contributed by atoms with van der Waals surface area (Å²) in [5.74, 6) is 1.56. The number of hydrogen-bond donors (Lipinski definition) is 1. The first-order valence-electron chi connectivity index (χ1n) is 7.15. The monoisotopic (exact) mass is 303 g/mol. The maximum Gasteiger partial charge on any atom is 0.157 e. The summed E-state index contributed by atoms with van der Waals surface area (Å²) in [5, 5.41) is 4.17. The van der Waals surface area contributed by atoms with Crippen molar-refractivity contribution in [1.29, 1.82) is 0 Å². The Kier molecular flexibility index (Phi) is 6.02. The van der Waals surface area contributed by atoms with E-state index in [-0.39, 0.29) is 0 Å². The van der Waals surface area contributed by atoms with Gasteiger partial charge in [0.2, 0.25) is 0 Å². The zero-order valence-electron chi connectivity index (χ0n) is 12.7. The van der Waals surface area contributed by atoms with Gasteiger partial charge in [0.05, 0.1) is 0 Å². The normalized spacial score (nSPS) is 10.6. The van der Waals surface area contributed by atoms with E-state index in [2.05, 4.69) is 53.4 Å². The standard InChI is InChI=1S/C16H21N3OS/c1-4-17-14-10-16(19-15(18-14)11-20-5-2)21-13-8-6-12(3)7-9-13/h6-10H,4-5,11H2,1-3H3,(H,17,18,19). The van der Waals surface area contributed by atoms with Gasteiger partial charge in [-0.2, -0.15) is 0 Å². The van der Waals surface area contributed by atoms with Crippen molar-refractivity contribution >= 4 is 17.6 Å². The Morgan fingerprint density at radius 1 is 1.14 bits per heavy atom. The predicted octanol–water partition coefficient (Wildman–Crippen LogP) is 3.90. The Labute approximate surface area is 130 Å². The van der Waals surface area contributed by atoms with Crippen LogP contribution in [0.5, 0.6) is 0 Å². The molecule has 1 N–H and O–H groups in total. The second-order valence-corrected chi connectivity index (χ2v) is 5.68. The Morgan fingerprint density at radius 3 is 2.57 bits per heavy atom.